The number of amides is 1. The van der Waals surface area contributed by atoms with Gasteiger partial charge >= 0.3 is 0 Å². The third-order valence-electron chi connectivity index (χ3n) is 3.93. The fourth-order valence-electron chi connectivity index (χ4n) is 2.81. The van der Waals surface area contributed by atoms with Gasteiger partial charge in [0.25, 0.3) is 0 Å². The predicted molar refractivity (Wildman–Crippen MR) is 105 cm³/mol. The highest BCUT2D eigenvalue weighted by Crippen LogP contribution is 2.35. The number of nitrogens with two attached hydrogens (primary N) is 2. The lowest BCUT2D eigenvalue weighted by atomic mass is 10.1. The molecule has 0 aliphatic carbocycles. The van der Waals surface area contributed by atoms with E-state index in [1.807, 2.05) is 26.0 Å². The van der Waals surface area contributed by atoms with Crippen LogP contribution in [0.3, 0.4) is 0 Å². The van der Waals surface area contributed by atoms with Gasteiger partial charge in [0.1, 0.15) is 29.2 Å². The molecular formula is C18H23N5O3S. The van der Waals surface area contributed by atoms with Crippen LogP contribution in [0.25, 0.3) is 0 Å². The van der Waals surface area contributed by atoms with Crippen molar-refractivity contribution in [2.75, 3.05) is 23.8 Å². The third kappa shape index (κ3) is 4.94. The molecule has 1 atom stereocenters. The molecule has 0 radical (unpaired) electrons. The second-order valence-corrected chi connectivity index (χ2v) is 7.14. The van der Waals surface area contributed by atoms with E-state index in [9.17, 15) is 4.79 Å². The van der Waals surface area contributed by atoms with E-state index in [0.717, 1.165) is 29.0 Å². The van der Waals surface area contributed by atoms with Gasteiger partial charge in [-0.3, -0.25) is 4.79 Å². The summed E-state index contributed by atoms with van der Waals surface area (Å²) in [4.78, 5) is 20.3. The lowest BCUT2D eigenvalue weighted by Crippen LogP contribution is -2.25. The highest BCUT2D eigenvalue weighted by Gasteiger charge is 2.22. The number of anilines is 2. The van der Waals surface area contributed by atoms with Crippen molar-refractivity contribution in [3.8, 4) is 11.5 Å². The maximum atomic E-state index is 12.2. The second-order valence-electron chi connectivity index (χ2n) is 6.20. The van der Waals surface area contributed by atoms with E-state index in [2.05, 4.69) is 15.3 Å². The maximum Gasteiger partial charge on any atom is 0.230 e. The van der Waals surface area contributed by atoms with Gasteiger partial charge in [-0.05, 0) is 26.0 Å². The predicted octanol–water partition coefficient (Wildman–Crippen LogP) is 1.77. The fourth-order valence-corrected chi connectivity index (χ4v) is 3.51. The molecule has 1 aliphatic rings. The second kappa shape index (κ2) is 8.34. The van der Waals surface area contributed by atoms with Crippen LogP contribution in [0.4, 0.5) is 11.6 Å². The van der Waals surface area contributed by atoms with Gasteiger partial charge in [0, 0.05) is 30.2 Å². The van der Waals surface area contributed by atoms with Crippen LogP contribution >= 0.6 is 11.8 Å². The quantitative estimate of drug-likeness (QED) is 0.483. The molecule has 144 valence electrons. The van der Waals surface area contributed by atoms with E-state index in [0.29, 0.717) is 18.3 Å². The molecule has 0 saturated carbocycles. The molecule has 0 unspecified atom stereocenters. The number of nitrogen functional groups attached to an aromatic ring is 2. The molecule has 1 aromatic heterocycles. The number of nitrogens with zero attached hydrogens (tertiary/aromatic N) is 2. The van der Waals surface area contributed by atoms with Crippen LogP contribution in [-0.4, -0.2) is 34.3 Å². The molecule has 0 saturated heterocycles. The Labute approximate surface area is 162 Å². The SMILES string of the molecule is CCOc1cc2c(cc1CNC(=O)CSc1nc(N)cc(N)n1)O[C@H](C)C2. The summed E-state index contributed by atoms with van der Waals surface area (Å²) in [5.41, 5.74) is 13.3. The molecule has 8 nitrogen and oxygen atoms in total. The summed E-state index contributed by atoms with van der Waals surface area (Å²) in [5, 5.41) is 3.26. The lowest BCUT2D eigenvalue weighted by molar-refractivity contribution is -0.118. The molecule has 0 spiro atoms. The summed E-state index contributed by atoms with van der Waals surface area (Å²) < 4.78 is 11.5. The van der Waals surface area contributed by atoms with Crippen molar-refractivity contribution in [2.45, 2.75) is 38.1 Å². The fraction of sp³-hybridized carbons (Fsp3) is 0.389. The Hall–Kier alpha value is -2.68. The van der Waals surface area contributed by atoms with Crippen LogP contribution < -0.4 is 26.3 Å². The highest BCUT2D eigenvalue weighted by molar-refractivity contribution is 7.99. The first kappa shape index (κ1) is 19.1. The molecule has 9 heteroatoms. The summed E-state index contributed by atoms with van der Waals surface area (Å²) in [6.45, 7) is 4.87. The van der Waals surface area contributed by atoms with Gasteiger partial charge in [0.15, 0.2) is 5.16 Å². The van der Waals surface area contributed by atoms with Crippen molar-refractivity contribution < 1.29 is 14.3 Å². The number of aromatic nitrogens is 2. The molecule has 5 N–H and O–H groups in total. The number of nitrogens with one attached hydrogen (secondary N) is 1. The molecule has 1 aliphatic heterocycles. The number of fused-ring (bicyclic) bond motifs is 1. The Bertz CT molecular complexity index is 826. The number of hydrogen-bond donors (Lipinski definition) is 3. The van der Waals surface area contributed by atoms with Gasteiger partial charge in [0.05, 0.1) is 12.4 Å². The van der Waals surface area contributed by atoms with Crippen molar-refractivity contribution in [1.29, 1.82) is 0 Å². The topological polar surface area (TPSA) is 125 Å². The summed E-state index contributed by atoms with van der Waals surface area (Å²) in [7, 11) is 0. The normalized spacial score (nSPS) is 15.1. The summed E-state index contributed by atoms with van der Waals surface area (Å²) in [6.07, 6.45) is 1.02. The van der Waals surface area contributed by atoms with Gasteiger partial charge in [0.2, 0.25) is 5.91 Å². The first-order chi connectivity index (χ1) is 12.9. The van der Waals surface area contributed by atoms with E-state index in [1.54, 1.807) is 0 Å². The molecule has 0 bridgehead atoms. The summed E-state index contributed by atoms with van der Waals surface area (Å²) >= 11 is 1.18. The molecule has 3 rings (SSSR count). The smallest absolute Gasteiger partial charge is 0.230 e. The minimum atomic E-state index is -0.151. The Balaban J connectivity index is 1.60. The summed E-state index contributed by atoms with van der Waals surface area (Å²) in [5.74, 6) is 2.19. The van der Waals surface area contributed by atoms with E-state index in [-0.39, 0.29) is 29.4 Å². The number of rotatable bonds is 7. The first-order valence-corrected chi connectivity index (χ1v) is 9.68. The number of ether oxygens (including phenoxy) is 2. The number of benzene rings is 1. The maximum absolute atomic E-state index is 12.2. The van der Waals surface area contributed by atoms with Gasteiger partial charge in [-0.25, -0.2) is 9.97 Å². The third-order valence-corrected chi connectivity index (χ3v) is 4.78. The molecule has 2 aromatic rings. The van der Waals surface area contributed by atoms with Gasteiger partial charge in [-0.1, -0.05) is 11.8 Å². The largest absolute Gasteiger partial charge is 0.494 e. The molecule has 0 fully saturated rings. The van der Waals surface area contributed by atoms with Crippen LogP contribution in [0.5, 0.6) is 11.5 Å². The zero-order chi connectivity index (χ0) is 19.4. The lowest BCUT2D eigenvalue weighted by Gasteiger charge is -2.13. The number of carbonyl (C=O) groups excluding carboxylic acids is 1. The van der Waals surface area contributed by atoms with Gasteiger partial charge < -0.3 is 26.3 Å². The van der Waals surface area contributed by atoms with Crippen molar-refractivity contribution in [1.82, 2.24) is 15.3 Å². The van der Waals surface area contributed by atoms with Crippen LogP contribution in [0.2, 0.25) is 0 Å². The zero-order valence-corrected chi connectivity index (χ0v) is 16.1. The minimum absolute atomic E-state index is 0.151. The van der Waals surface area contributed by atoms with E-state index >= 15 is 0 Å². The van der Waals surface area contributed by atoms with Crippen molar-refractivity contribution in [2.24, 2.45) is 0 Å². The molecule has 1 aromatic carbocycles. The standard InChI is InChI=1S/C18H23N5O3S/c1-3-25-13-5-11-4-10(2)26-14(11)6-12(13)8-21-17(24)9-27-18-22-15(19)7-16(20)23-18/h5-7,10H,3-4,8-9H2,1-2H3,(H,21,24)(H4,19,20,22,23)/t10-/m1/s1. The first-order valence-electron chi connectivity index (χ1n) is 8.69. The van der Waals surface area contributed by atoms with Crippen LogP contribution in [0.1, 0.15) is 25.0 Å². The Morgan fingerprint density at radius 2 is 2.07 bits per heavy atom. The Morgan fingerprint density at radius 3 is 2.78 bits per heavy atom. The monoisotopic (exact) mass is 389 g/mol. The van der Waals surface area contributed by atoms with Crippen LogP contribution in [-0.2, 0) is 17.8 Å². The average Bonchev–Trinajstić information content (AvgIpc) is 2.96. The molecule has 2 heterocycles. The van der Waals surface area contributed by atoms with Crippen molar-refractivity contribution in [3.63, 3.8) is 0 Å². The summed E-state index contributed by atoms with van der Waals surface area (Å²) in [6, 6.07) is 5.41. The highest BCUT2D eigenvalue weighted by atomic mass is 32.2. The van der Waals surface area contributed by atoms with Gasteiger partial charge in [-0.15, -0.1) is 0 Å². The minimum Gasteiger partial charge on any atom is -0.494 e. The number of thioether (sulfide) groups is 1. The van der Waals surface area contributed by atoms with Crippen LogP contribution in [0.15, 0.2) is 23.4 Å². The Kier molecular flexibility index (Phi) is 5.90. The van der Waals surface area contributed by atoms with Gasteiger partial charge in [-0.2, -0.15) is 0 Å². The van der Waals surface area contributed by atoms with Crippen LogP contribution in [0, 0.1) is 0 Å². The number of hydrogen-bond acceptors (Lipinski definition) is 8. The Morgan fingerprint density at radius 1 is 1.33 bits per heavy atom. The van der Waals surface area contributed by atoms with E-state index < -0.39 is 0 Å². The van der Waals surface area contributed by atoms with Crippen molar-refractivity contribution >= 4 is 29.3 Å². The van der Waals surface area contributed by atoms with Crippen molar-refractivity contribution in [3.05, 3.63) is 29.3 Å². The zero-order valence-electron chi connectivity index (χ0n) is 15.3. The molecular weight excluding hydrogens is 366 g/mol. The van der Waals surface area contributed by atoms with E-state index in [1.165, 1.54) is 17.8 Å². The van der Waals surface area contributed by atoms with E-state index in [4.69, 9.17) is 20.9 Å². The average molecular weight is 389 g/mol. The molecule has 1 amide bonds. The number of carbonyl (C=O) groups is 1. The molecule has 27 heavy (non-hydrogen) atoms.